The number of aromatic amines is 1. The average Bonchev–Trinajstić information content (AvgIpc) is 3.73. The van der Waals surface area contributed by atoms with E-state index in [2.05, 4.69) is 21.7 Å². The van der Waals surface area contributed by atoms with Gasteiger partial charge in [-0.2, -0.15) is 0 Å². The van der Waals surface area contributed by atoms with Crippen LogP contribution >= 0.6 is 0 Å². The van der Waals surface area contributed by atoms with E-state index < -0.39 is 18.1 Å². The Morgan fingerprint density at radius 1 is 1.00 bits per heavy atom. The van der Waals surface area contributed by atoms with Crippen LogP contribution in [0.4, 0.5) is 0 Å². The minimum atomic E-state index is -0.797. The Labute approximate surface area is 238 Å². The summed E-state index contributed by atoms with van der Waals surface area (Å²) in [5, 5.41) is 7.09. The quantitative estimate of drug-likeness (QED) is 0.328. The van der Waals surface area contributed by atoms with Crippen molar-refractivity contribution in [2.45, 2.75) is 49.9 Å². The average molecular weight is 549 g/mol. The van der Waals surface area contributed by atoms with E-state index in [1.54, 1.807) is 4.90 Å². The Bertz CT molecular complexity index is 1620. The standard InChI is InChI=1S/C33H32N4O4/c38-31(34-19-21-11-8-16-41-21)27(17-20-9-2-1-3-10-20)36-32(39)28-18-25-22-12-6-7-15-26(22)35-29(25)30-23-13-4-5-14-24(23)33(40)37(28)30/h1-7,9-10,12-15,21,27-28,30,35H,8,11,16-19H2,(H,34,38)(H,36,39)/t21-,27+,28+,30-/m1/s1. The number of nitrogens with zero attached hydrogens (tertiary/aromatic N) is 1. The Hall–Kier alpha value is -4.43. The van der Waals surface area contributed by atoms with Gasteiger partial charge in [0, 0.05) is 48.2 Å². The molecule has 1 saturated heterocycles. The molecule has 3 amide bonds. The number of hydrogen-bond acceptors (Lipinski definition) is 4. The number of aromatic nitrogens is 1. The molecule has 0 bridgehead atoms. The first-order valence-electron chi connectivity index (χ1n) is 14.3. The van der Waals surface area contributed by atoms with Gasteiger partial charge >= 0.3 is 0 Å². The number of para-hydroxylation sites is 1. The minimum absolute atomic E-state index is 0.00727. The second-order valence-corrected chi connectivity index (χ2v) is 11.1. The van der Waals surface area contributed by atoms with E-state index in [1.807, 2.05) is 72.8 Å². The lowest BCUT2D eigenvalue weighted by Gasteiger charge is -2.37. The Kier molecular flexibility index (Phi) is 6.55. The molecule has 208 valence electrons. The predicted molar refractivity (Wildman–Crippen MR) is 154 cm³/mol. The molecule has 0 unspecified atom stereocenters. The molecule has 3 aliphatic heterocycles. The van der Waals surface area contributed by atoms with Crippen molar-refractivity contribution >= 4 is 28.6 Å². The minimum Gasteiger partial charge on any atom is -0.376 e. The zero-order valence-corrected chi connectivity index (χ0v) is 22.6. The number of carbonyl (C=O) groups excluding carboxylic acids is 3. The molecule has 3 aliphatic rings. The molecule has 3 N–H and O–H groups in total. The zero-order valence-electron chi connectivity index (χ0n) is 22.6. The van der Waals surface area contributed by atoms with E-state index in [0.29, 0.717) is 31.6 Å². The molecule has 7 rings (SSSR count). The van der Waals surface area contributed by atoms with Gasteiger partial charge in [-0.3, -0.25) is 14.4 Å². The summed E-state index contributed by atoms with van der Waals surface area (Å²) in [4.78, 5) is 46.6. The maximum absolute atomic E-state index is 14.2. The van der Waals surface area contributed by atoms with Crippen LogP contribution in [0.2, 0.25) is 0 Å². The van der Waals surface area contributed by atoms with Crippen LogP contribution < -0.4 is 10.6 Å². The number of rotatable bonds is 7. The molecule has 4 aromatic rings. The SMILES string of the molecule is O=C(NC[C@H]1CCCO1)[C@H](Cc1ccccc1)NC(=O)[C@@H]1Cc2c([nH]c3ccccc23)[C@H]2c3ccccc3C(=O)N21. The summed E-state index contributed by atoms with van der Waals surface area (Å²) in [6.45, 7) is 1.11. The first-order chi connectivity index (χ1) is 20.1. The van der Waals surface area contributed by atoms with Gasteiger partial charge in [0.05, 0.1) is 12.1 Å². The fourth-order valence-electron chi connectivity index (χ4n) is 6.61. The van der Waals surface area contributed by atoms with E-state index in [0.717, 1.165) is 46.1 Å². The van der Waals surface area contributed by atoms with Crippen molar-refractivity contribution in [2.24, 2.45) is 0 Å². The van der Waals surface area contributed by atoms with Gasteiger partial charge in [0.1, 0.15) is 12.1 Å². The van der Waals surface area contributed by atoms with Gasteiger partial charge in [0.2, 0.25) is 11.8 Å². The number of carbonyl (C=O) groups is 3. The van der Waals surface area contributed by atoms with Crippen molar-refractivity contribution in [3.8, 4) is 0 Å². The van der Waals surface area contributed by atoms with Crippen LogP contribution in [0.1, 0.15) is 51.6 Å². The van der Waals surface area contributed by atoms with Crippen molar-refractivity contribution < 1.29 is 19.1 Å². The van der Waals surface area contributed by atoms with Crippen molar-refractivity contribution in [1.29, 1.82) is 0 Å². The van der Waals surface area contributed by atoms with E-state index in [-0.39, 0.29) is 23.8 Å². The smallest absolute Gasteiger partial charge is 0.255 e. The predicted octanol–water partition coefficient (Wildman–Crippen LogP) is 3.66. The highest BCUT2D eigenvalue weighted by molar-refractivity contribution is 6.04. The van der Waals surface area contributed by atoms with Crippen LogP contribution in [0.25, 0.3) is 10.9 Å². The van der Waals surface area contributed by atoms with Crippen LogP contribution in [0.5, 0.6) is 0 Å². The molecular formula is C33H32N4O4. The molecule has 3 aromatic carbocycles. The third kappa shape index (κ3) is 4.58. The second-order valence-electron chi connectivity index (χ2n) is 11.1. The molecule has 8 heteroatoms. The zero-order chi connectivity index (χ0) is 27.9. The Morgan fingerprint density at radius 2 is 1.78 bits per heavy atom. The number of ether oxygens (including phenoxy) is 1. The van der Waals surface area contributed by atoms with Gasteiger partial charge in [-0.25, -0.2) is 0 Å². The summed E-state index contributed by atoms with van der Waals surface area (Å²) in [6, 6.07) is 23.3. The third-order valence-electron chi connectivity index (χ3n) is 8.60. The van der Waals surface area contributed by atoms with E-state index >= 15 is 0 Å². The lowest BCUT2D eigenvalue weighted by Crippen LogP contribution is -2.57. The Balaban J connectivity index is 1.21. The lowest BCUT2D eigenvalue weighted by atomic mass is 9.89. The molecule has 0 aliphatic carbocycles. The van der Waals surface area contributed by atoms with Gasteiger partial charge in [-0.15, -0.1) is 0 Å². The molecule has 0 saturated carbocycles. The highest BCUT2D eigenvalue weighted by Gasteiger charge is 2.49. The molecule has 8 nitrogen and oxygen atoms in total. The summed E-state index contributed by atoms with van der Waals surface area (Å²) < 4.78 is 5.68. The highest BCUT2D eigenvalue weighted by atomic mass is 16.5. The van der Waals surface area contributed by atoms with Crippen LogP contribution in [-0.2, 0) is 27.2 Å². The van der Waals surface area contributed by atoms with Crippen LogP contribution in [0.15, 0.2) is 78.9 Å². The van der Waals surface area contributed by atoms with E-state index in [1.165, 1.54) is 0 Å². The molecule has 1 fully saturated rings. The maximum Gasteiger partial charge on any atom is 0.255 e. The third-order valence-corrected chi connectivity index (χ3v) is 8.60. The fraction of sp³-hybridized carbons (Fsp3) is 0.303. The monoisotopic (exact) mass is 548 g/mol. The number of H-pyrrole nitrogens is 1. The lowest BCUT2D eigenvalue weighted by molar-refractivity contribution is -0.132. The Morgan fingerprint density at radius 3 is 2.61 bits per heavy atom. The summed E-state index contributed by atoms with van der Waals surface area (Å²) in [5.74, 6) is -0.758. The van der Waals surface area contributed by atoms with E-state index in [9.17, 15) is 14.4 Å². The summed E-state index contributed by atoms with van der Waals surface area (Å²) >= 11 is 0. The molecule has 0 spiro atoms. The van der Waals surface area contributed by atoms with E-state index in [4.69, 9.17) is 4.74 Å². The molecule has 4 atom stereocenters. The number of benzene rings is 3. The first-order valence-corrected chi connectivity index (χ1v) is 14.3. The van der Waals surface area contributed by atoms with Gasteiger partial charge < -0.3 is 25.3 Å². The number of nitrogens with one attached hydrogen (secondary N) is 3. The summed E-state index contributed by atoms with van der Waals surface area (Å²) in [7, 11) is 0. The van der Waals surface area contributed by atoms with Crippen molar-refractivity contribution in [3.05, 3.63) is 107 Å². The molecule has 41 heavy (non-hydrogen) atoms. The van der Waals surface area contributed by atoms with Crippen LogP contribution in [0, 0.1) is 0 Å². The fourth-order valence-corrected chi connectivity index (χ4v) is 6.61. The van der Waals surface area contributed by atoms with Gasteiger partial charge in [-0.05, 0) is 41.7 Å². The van der Waals surface area contributed by atoms with Crippen molar-refractivity contribution in [1.82, 2.24) is 20.5 Å². The summed E-state index contributed by atoms with van der Waals surface area (Å²) in [5.41, 5.74) is 5.40. The largest absolute Gasteiger partial charge is 0.376 e. The van der Waals surface area contributed by atoms with Gasteiger partial charge in [-0.1, -0.05) is 66.7 Å². The first kappa shape index (κ1) is 25.5. The molecule has 4 heterocycles. The maximum atomic E-state index is 14.2. The van der Waals surface area contributed by atoms with Crippen molar-refractivity contribution in [3.63, 3.8) is 0 Å². The second kappa shape index (κ2) is 10.5. The topological polar surface area (TPSA) is 104 Å². The number of fused-ring (bicyclic) bond motifs is 7. The van der Waals surface area contributed by atoms with Crippen LogP contribution in [0.3, 0.4) is 0 Å². The van der Waals surface area contributed by atoms with Gasteiger partial charge in [0.25, 0.3) is 5.91 Å². The summed E-state index contributed by atoms with van der Waals surface area (Å²) in [6.07, 6.45) is 2.58. The van der Waals surface area contributed by atoms with Crippen molar-refractivity contribution in [2.75, 3.05) is 13.2 Å². The number of hydrogen-bond donors (Lipinski definition) is 3. The van der Waals surface area contributed by atoms with Gasteiger partial charge in [0.15, 0.2) is 0 Å². The molecule has 1 aromatic heterocycles. The van der Waals surface area contributed by atoms with Crippen LogP contribution in [-0.4, -0.2) is 58.9 Å². The normalized spacial score (nSPS) is 21.7. The highest BCUT2D eigenvalue weighted by Crippen LogP contribution is 2.46. The molecular weight excluding hydrogens is 516 g/mol. The number of amides is 3. The molecule has 0 radical (unpaired) electrons.